The van der Waals surface area contributed by atoms with E-state index in [1.165, 1.54) is 16.9 Å². The average molecular weight is 615 g/mol. The lowest BCUT2D eigenvalue weighted by Gasteiger charge is -2.41. The van der Waals surface area contributed by atoms with E-state index in [1.54, 1.807) is 23.9 Å². The van der Waals surface area contributed by atoms with Crippen molar-refractivity contribution in [3.63, 3.8) is 0 Å². The minimum absolute atomic E-state index is 0.258. The average Bonchev–Trinajstić information content (AvgIpc) is 3.29. The molecule has 0 radical (unpaired) electrons. The van der Waals surface area contributed by atoms with Crippen molar-refractivity contribution in [3.05, 3.63) is 53.1 Å². The Morgan fingerprint density at radius 2 is 1.85 bits per heavy atom. The van der Waals surface area contributed by atoms with Gasteiger partial charge in [0.15, 0.2) is 5.54 Å². The molecule has 2 aromatic rings. The molecule has 0 aliphatic carbocycles. The van der Waals surface area contributed by atoms with Crippen LogP contribution < -0.4 is 14.8 Å². The van der Waals surface area contributed by atoms with Crippen LogP contribution in [0.3, 0.4) is 0 Å². The number of alkyl halides is 6. The van der Waals surface area contributed by atoms with Crippen LogP contribution in [0.5, 0.6) is 5.75 Å². The lowest BCUT2D eigenvalue weighted by Crippen LogP contribution is -2.60. The molecule has 2 amide bonds. The number of benzene rings is 1. The first-order chi connectivity index (χ1) is 18.7. The van der Waals surface area contributed by atoms with Crippen LogP contribution in [-0.2, 0) is 25.2 Å². The normalized spacial score (nSPS) is 18.5. The van der Waals surface area contributed by atoms with Gasteiger partial charge in [0.1, 0.15) is 17.1 Å². The number of nitrogens with one attached hydrogen (secondary N) is 2. The summed E-state index contributed by atoms with van der Waals surface area (Å²) in [5, 5.41) is 5.77. The molecule has 0 saturated carbocycles. The molecule has 41 heavy (non-hydrogen) atoms. The zero-order valence-electron chi connectivity index (χ0n) is 21.8. The first-order valence-electron chi connectivity index (χ1n) is 11.9. The van der Waals surface area contributed by atoms with E-state index in [9.17, 15) is 44.3 Å². The number of ether oxygens (including phenoxy) is 1. The molecule has 2 N–H and O–H groups in total. The van der Waals surface area contributed by atoms with Crippen molar-refractivity contribution in [2.45, 2.75) is 57.0 Å². The molecule has 1 aromatic carbocycles. The molecule has 0 saturated heterocycles. The molecule has 1 unspecified atom stereocenters. The van der Waals surface area contributed by atoms with E-state index in [-0.39, 0.29) is 17.5 Å². The molecule has 2 heterocycles. The Kier molecular flexibility index (Phi) is 8.81. The number of carbonyl (C=O) groups excluding carboxylic acids is 2. The van der Waals surface area contributed by atoms with Crippen molar-refractivity contribution in [2.24, 2.45) is 0 Å². The van der Waals surface area contributed by atoms with Gasteiger partial charge >= 0.3 is 12.4 Å². The number of hydrogen-bond donors (Lipinski definition) is 2. The fourth-order valence-electron chi connectivity index (χ4n) is 4.14. The second kappa shape index (κ2) is 11.3. The van der Waals surface area contributed by atoms with Crippen LogP contribution in [0.25, 0.3) is 5.57 Å². The maximum Gasteiger partial charge on any atom is 0.416 e. The number of hydrogen-bond acceptors (Lipinski definition) is 6. The third-order valence-electron chi connectivity index (χ3n) is 6.01. The van der Waals surface area contributed by atoms with Gasteiger partial charge in [-0.3, -0.25) is 14.3 Å². The van der Waals surface area contributed by atoms with Crippen molar-refractivity contribution in [1.29, 1.82) is 0 Å². The molecular formula is C24H25F7N4O5S. The van der Waals surface area contributed by atoms with E-state index in [2.05, 4.69) is 5.10 Å². The largest absolute Gasteiger partial charge is 0.493 e. The van der Waals surface area contributed by atoms with Gasteiger partial charge in [0.05, 0.1) is 18.6 Å². The zero-order valence-corrected chi connectivity index (χ0v) is 22.6. The van der Waals surface area contributed by atoms with Crippen LogP contribution in [0.4, 0.5) is 30.7 Å². The van der Waals surface area contributed by atoms with Crippen molar-refractivity contribution < 1.29 is 53.5 Å². The van der Waals surface area contributed by atoms with Crippen LogP contribution in [0.15, 0.2) is 36.0 Å². The summed E-state index contributed by atoms with van der Waals surface area (Å²) in [6.07, 6.45) is -10.8. The summed E-state index contributed by atoms with van der Waals surface area (Å²) in [4.78, 5) is 25.9. The van der Waals surface area contributed by atoms with Gasteiger partial charge in [-0.25, -0.2) is 17.5 Å². The van der Waals surface area contributed by atoms with E-state index < -0.39 is 88.1 Å². The van der Waals surface area contributed by atoms with Crippen LogP contribution in [-0.4, -0.2) is 55.2 Å². The quantitative estimate of drug-likeness (QED) is 0.249. The van der Waals surface area contributed by atoms with Gasteiger partial charge in [-0.2, -0.15) is 31.4 Å². The Morgan fingerprint density at radius 3 is 2.37 bits per heavy atom. The number of carbonyl (C=O) groups is 2. The molecule has 1 aliphatic rings. The van der Waals surface area contributed by atoms with Crippen LogP contribution in [0, 0.1) is 5.82 Å². The van der Waals surface area contributed by atoms with E-state index in [1.807, 2.05) is 0 Å². The fraction of sp³-hybridized carbons (Fsp3) is 0.458. The summed E-state index contributed by atoms with van der Waals surface area (Å²) in [7, 11) is -4.25. The number of nitrogens with zero attached hydrogens (tertiary/aromatic N) is 2. The zero-order chi connectivity index (χ0) is 31.0. The maximum atomic E-state index is 15.2. The highest BCUT2D eigenvalue weighted by molar-refractivity contribution is 7.89. The number of rotatable bonds is 9. The van der Waals surface area contributed by atoms with Gasteiger partial charge in [-0.05, 0) is 38.5 Å². The van der Waals surface area contributed by atoms with Crippen molar-refractivity contribution >= 4 is 27.4 Å². The summed E-state index contributed by atoms with van der Waals surface area (Å²) in [5.41, 5.74) is -6.35. The van der Waals surface area contributed by atoms with Crippen LogP contribution >= 0.6 is 0 Å². The first-order valence-corrected chi connectivity index (χ1v) is 13.8. The lowest BCUT2D eigenvalue weighted by atomic mass is 9.77. The predicted molar refractivity (Wildman–Crippen MR) is 130 cm³/mol. The predicted octanol–water partition coefficient (Wildman–Crippen LogP) is 4.13. The first kappa shape index (κ1) is 31.9. The molecule has 0 spiro atoms. The highest BCUT2D eigenvalue weighted by Gasteiger charge is 2.61. The smallest absolute Gasteiger partial charge is 0.416 e. The Labute approximate surface area is 229 Å². The van der Waals surface area contributed by atoms with Crippen LogP contribution in [0.2, 0.25) is 0 Å². The lowest BCUT2D eigenvalue weighted by molar-refractivity contribution is -0.202. The standard InChI is InChI=1S/C24H25F7N4O5S/c1-13(2)35-9-7-18(33-35)15-12-22(24(29,30)31,32-20(36)19(15)21(37)34-41(3,38)39)16-6-5-14(11-17(16)25)40-10-4-8-23(26,27)28/h5-7,9,11,13H,4,8,10,12H2,1-3H3,(H,32,36)(H,34,37). The summed E-state index contributed by atoms with van der Waals surface area (Å²) >= 11 is 0. The minimum Gasteiger partial charge on any atom is -0.493 e. The Bertz CT molecular complexity index is 1470. The molecule has 1 aliphatic heterocycles. The molecule has 1 atom stereocenters. The summed E-state index contributed by atoms with van der Waals surface area (Å²) in [6.45, 7) is 2.89. The van der Waals surface area contributed by atoms with Gasteiger partial charge in [0, 0.05) is 42.3 Å². The van der Waals surface area contributed by atoms with Crippen molar-refractivity contribution in [3.8, 4) is 5.75 Å². The maximum absolute atomic E-state index is 15.2. The number of aromatic nitrogens is 2. The number of halogens is 7. The fourth-order valence-corrected chi connectivity index (χ4v) is 4.58. The van der Waals surface area contributed by atoms with Gasteiger partial charge in [-0.15, -0.1) is 0 Å². The summed E-state index contributed by atoms with van der Waals surface area (Å²) in [5.74, 6) is -5.02. The van der Waals surface area contributed by atoms with E-state index in [0.717, 1.165) is 6.07 Å². The summed E-state index contributed by atoms with van der Waals surface area (Å²) < 4.78 is 128. The van der Waals surface area contributed by atoms with Gasteiger partial charge < -0.3 is 10.1 Å². The Hall–Kier alpha value is -3.63. The third-order valence-corrected chi connectivity index (χ3v) is 6.56. The third kappa shape index (κ3) is 7.37. The minimum atomic E-state index is -5.37. The van der Waals surface area contributed by atoms with Crippen LogP contribution in [0.1, 0.15) is 50.4 Å². The van der Waals surface area contributed by atoms with E-state index in [4.69, 9.17) is 4.74 Å². The topological polar surface area (TPSA) is 119 Å². The molecule has 9 nitrogen and oxygen atoms in total. The molecular weight excluding hydrogens is 589 g/mol. The van der Waals surface area contributed by atoms with Gasteiger partial charge in [0.2, 0.25) is 10.0 Å². The molecule has 17 heteroatoms. The molecule has 3 rings (SSSR count). The van der Waals surface area contributed by atoms with Crippen molar-refractivity contribution in [2.75, 3.05) is 12.9 Å². The second-order valence-electron chi connectivity index (χ2n) is 9.57. The van der Waals surface area contributed by atoms with E-state index >= 15 is 4.39 Å². The second-order valence-corrected chi connectivity index (χ2v) is 11.3. The number of sulfonamides is 1. The highest BCUT2D eigenvalue weighted by Crippen LogP contribution is 2.49. The Morgan fingerprint density at radius 1 is 1.20 bits per heavy atom. The number of amides is 2. The molecule has 0 bridgehead atoms. The van der Waals surface area contributed by atoms with Crippen molar-refractivity contribution in [1.82, 2.24) is 19.8 Å². The molecule has 0 fully saturated rings. The van der Waals surface area contributed by atoms with Gasteiger partial charge in [-0.1, -0.05) is 0 Å². The Balaban J connectivity index is 2.11. The molecule has 226 valence electrons. The highest BCUT2D eigenvalue weighted by atomic mass is 32.2. The van der Waals surface area contributed by atoms with E-state index in [0.29, 0.717) is 18.4 Å². The summed E-state index contributed by atoms with van der Waals surface area (Å²) in [6, 6.07) is 3.02. The molecule has 1 aromatic heterocycles. The van der Waals surface area contributed by atoms with Gasteiger partial charge in [0.25, 0.3) is 11.8 Å². The SMILES string of the molecule is CC(C)n1ccc(C2=C(C(=O)NS(C)(=O)=O)C(=O)NC(c3ccc(OCCCC(F)(F)F)cc3F)(C(F)(F)F)C2)n1. The monoisotopic (exact) mass is 614 g/mol.